The number of hydrogen-bond acceptors (Lipinski definition) is 3. The maximum atomic E-state index is 13.4. The van der Waals surface area contributed by atoms with Crippen molar-refractivity contribution in [1.29, 1.82) is 5.26 Å². The average molecular weight is 500 g/mol. The van der Waals surface area contributed by atoms with E-state index in [2.05, 4.69) is 54.8 Å². The number of halogens is 3. The number of nitrogens with zero attached hydrogens (tertiary/aromatic N) is 5. The van der Waals surface area contributed by atoms with Crippen LogP contribution in [0.25, 0.3) is 5.69 Å². The number of rotatable bonds is 4. The summed E-state index contributed by atoms with van der Waals surface area (Å²) < 4.78 is 18.5. The highest BCUT2D eigenvalue weighted by Gasteiger charge is 2.17. The summed E-state index contributed by atoms with van der Waals surface area (Å²) in [6, 6.07) is 6.67. The maximum absolute atomic E-state index is 13.4. The second-order valence-electron chi connectivity index (χ2n) is 5.08. The van der Waals surface area contributed by atoms with Crippen LogP contribution in [0.1, 0.15) is 23.7 Å². The Morgan fingerprint density at radius 2 is 2.12 bits per heavy atom. The molecule has 2 aromatic heterocycles. The second kappa shape index (κ2) is 7.03. The van der Waals surface area contributed by atoms with Gasteiger partial charge in [-0.05, 0) is 63.6 Å². The third kappa shape index (κ3) is 3.10. The fraction of sp³-hybridized carbons (Fsp3) is 0.188. The Kier molecular flexibility index (Phi) is 5.01. The normalized spacial score (nSPS) is 10.8. The Morgan fingerprint density at radius 3 is 2.75 bits per heavy atom. The molecule has 0 saturated heterocycles. The van der Waals surface area contributed by atoms with Crippen LogP contribution >= 0.6 is 38.5 Å². The van der Waals surface area contributed by atoms with Crippen LogP contribution in [0.3, 0.4) is 0 Å². The summed E-state index contributed by atoms with van der Waals surface area (Å²) in [5.74, 6) is -0.302. The predicted molar refractivity (Wildman–Crippen MR) is 99.4 cm³/mol. The SMILES string of the molecule is CCn1ncc(Cc2c(C#N)cnn2-c2ccc(F)cc2I)c1Br. The number of aromatic nitrogens is 4. The lowest BCUT2D eigenvalue weighted by atomic mass is 10.1. The van der Waals surface area contributed by atoms with Crippen LogP contribution in [0.5, 0.6) is 0 Å². The number of benzene rings is 1. The first-order valence-corrected chi connectivity index (χ1v) is 9.05. The zero-order valence-electron chi connectivity index (χ0n) is 12.7. The summed E-state index contributed by atoms with van der Waals surface area (Å²) in [6.07, 6.45) is 3.81. The molecule has 24 heavy (non-hydrogen) atoms. The van der Waals surface area contributed by atoms with E-state index in [1.165, 1.54) is 18.3 Å². The third-order valence-electron chi connectivity index (χ3n) is 3.63. The zero-order chi connectivity index (χ0) is 17.3. The minimum Gasteiger partial charge on any atom is -0.258 e. The monoisotopic (exact) mass is 499 g/mol. The van der Waals surface area contributed by atoms with Crippen LogP contribution in [0.2, 0.25) is 0 Å². The van der Waals surface area contributed by atoms with Gasteiger partial charge in [-0.1, -0.05) is 0 Å². The first-order valence-electron chi connectivity index (χ1n) is 7.17. The van der Waals surface area contributed by atoms with Crippen molar-refractivity contribution in [2.24, 2.45) is 0 Å². The minimum atomic E-state index is -0.302. The van der Waals surface area contributed by atoms with Crippen LogP contribution in [-0.4, -0.2) is 19.6 Å². The molecular formula is C16H12BrFIN5. The predicted octanol–water partition coefficient (Wildman–Crippen LogP) is 4.06. The van der Waals surface area contributed by atoms with Gasteiger partial charge in [0.25, 0.3) is 0 Å². The molecule has 0 aliphatic rings. The van der Waals surface area contributed by atoms with Gasteiger partial charge in [-0.25, -0.2) is 9.07 Å². The van der Waals surface area contributed by atoms with E-state index >= 15 is 0 Å². The van der Waals surface area contributed by atoms with Crippen molar-refractivity contribution in [3.63, 3.8) is 0 Å². The molecule has 0 aliphatic carbocycles. The maximum Gasteiger partial charge on any atom is 0.124 e. The van der Waals surface area contributed by atoms with Gasteiger partial charge in [-0.15, -0.1) is 0 Å². The molecule has 122 valence electrons. The fourth-order valence-corrected chi connectivity index (χ4v) is 3.72. The highest BCUT2D eigenvalue weighted by atomic mass is 127. The van der Waals surface area contributed by atoms with Crippen LogP contribution in [-0.2, 0) is 13.0 Å². The Labute approximate surface area is 160 Å². The molecule has 3 rings (SSSR count). The van der Waals surface area contributed by atoms with Gasteiger partial charge in [0.05, 0.1) is 29.3 Å². The molecule has 2 heterocycles. The van der Waals surface area contributed by atoms with Gasteiger partial charge in [0.2, 0.25) is 0 Å². The molecule has 0 saturated carbocycles. The molecule has 3 aromatic rings. The van der Waals surface area contributed by atoms with Crippen molar-refractivity contribution in [2.75, 3.05) is 0 Å². The molecule has 0 radical (unpaired) electrons. The molecule has 0 spiro atoms. The van der Waals surface area contributed by atoms with Crippen molar-refractivity contribution >= 4 is 38.5 Å². The first kappa shape index (κ1) is 17.1. The molecule has 1 aromatic carbocycles. The zero-order valence-corrected chi connectivity index (χ0v) is 16.4. The Morgan fingerprint density at radius 1 is 1.33 bits per heavy atom. The highest BCUT2D eigenvalue weighted by Crippen LogP contribution is 2.25. The van der Waals surface area contributed by atoms with Gasteiger partial charge in [0, 0.05) is 22.1 Å². The largest absolute Gasteiger partial charge is 0.258 e. The van der Waals surface area contributed by atoms with E-state index in [1.54, 1.807) is 16.9 Å². The highest BCUT2D eigenvalue weighted by molar-refractivity contribution is 14.1. The van der Waals surface area contributed by atoms with E-state index in [-0.39, 0.29) is 5.82 Å². The van der Waals surface area contributed by atoms with Gasteiger partial charge in [0.15, 0.2) is 0 Å². The minimum absolute atomic E-state index is 0.302. The average Bonchev–Trinajstić information content (AvgIpc) is 3.12. The lowest BCUT2D eigenvalue weighted by molar-refractivity contribution is 0.625. The molecule has 0 N–H and O–H groups in total. The van der Waals surface area contributed by atoms with Crippen molar-refractivity contribution in [1.82, 2.24) is 19.6 Å². The van der Waals surface area contributed by atoms with Crippen LogP contribution in [0.4, 0.5) is 4.39 Å². The van der Waals surface area contributed by atoms with Crippen LogP contribution < -0.4 is 0 Å². The van der Waals surface area contributed by atoms with Gasteiger partial charge in [0.1, 0.15) is 16.5 Å². The third-order valence-corrected chi connectivity index (χ3v) is 5.41. The van der Waals surface area contributed by atoms with E-state index in [1.807, 2.05) is 11.6 Å². The van der Waals surface area contributed by atoms with E-state index < -0.39 is 0 Å². The second-order valence-corrected chi connectivity index (χ2v) is 6.99. The topological polar surface area (TPSA) is 59.4 Å². The molecule has 0 aliphatic heterocycles. The number of nitriles is 1. The van der Waals surface area contributed by atoms with E-state index in [9.17, 15) is 9.65 Å². The molecule has 0 fully saturated rings. The Hall–Kier alpha value is -1.73. The van der Waals surface area contributed by atoms with Gasteiger partial charge in [-0.2, -0.15) is 15.5 Å². The molecule has 0 amide bonds. The molecule has 0 atom stereocenters. The summed E-state index contributed by atoms with van der Waals surface area (Å²) in [5, 5.41) is 18.0. The summed E-state index contributed by atoms with van der Waals surface area (Å²) in [5.41, 5.74) is 2.95. The molecule has 0 bridgehead atoms. The molecular weight excluding hydrogens is 488 g/mol. The molecule has 5 nitrogen and oxygen atoms in total. The van der Waals surface area contributed by atoms with Crippen molar-refractivity contribution < 1.29 is 4.39 Å². The van der Waals surface area contributed by atoms with Crippen molar-refractivity contribution in [2.45, 2.75) is 19.9 Å². The van der Waals surface area contributed by atoms with Crippen LogP contribution in [0.15, 0.2) is 35.2 Å². The van der Waals surface area contributed by atoms with E-state index in [4.69, 9.17) is 0 Å². The molecule has 0 unspecified atom stereocenters. The van der Waals surface area contributed by atoms with Crippen molar-refractivity contribution in [3.05, 3.63) is 61.4 Å². The fourth-order valence-electron chi connectivity index (χ4n) is 2.43. The lowest BCUT2D eigenvalue weighted by Gasteiger charge is -2.10. The standard InChI is InChI=1S/C16H12BrFIN5/c1-2-23-16(17)10(8-21-23)5-15-11(7-20)9-22-24(15)14-4-3-12(18)6-13(14)19/h3-4,6,8-9H,2,5H2,1H3. The van der Waals surface area contributed by atoms with E-state index in [0.29, 0.717) is 12.0 Å². The van der Waals surface area contributed by atoms with Crippen molar-refractivity contribution in [3.8, 4) is 11.8 Å². The van der Waals surface area contributed by atoms with E-state index in [0.717, 1.165) is 31.7 Å². The van der Waals surface area contributed by atoms with Crippen LogP contribution in [0, 0.1) is 20.7 Å². The van der Waals surface area contributed by atoms with Gasteiger partial charge < -0.3 is 0 Å². The summed E-state index contributed by atoms with van der Waals surface area (Å²) in [4.78, 5) is 0. The lowest BCUT2D eigenvalue weighted by Crippen LogP contribution is -2.06. The Balaban J connectivity index is 2.08. The number of aryl methyl sites for hydroxylation is 1. The number of hydrogen-bond donors (Lipinski definition) is 0. The quantitative estimate of drug-likeness (QED) is 0.509. The van der Waals surface area contributed by atoms with Gasteiger partial charge >= 0.3 is 0 Å². The van der Waals surface area contributed by atoms with Gasteiger partial charge in [-0.3, -0.25) is 4.68 Å². The summed E-state index contributed by atoms with van der Waals surface area (Å²) in [7, 11) is 0. The molecule has 8 heteroatoms. The smallest absolute Gasteiger partial charge is 0.124 e. The summed E-state index contributed by atoms with van der Waals surface area (Å²) >= 11 is 5.61. The summed E-state index contributed by atoms with van der Waals surface area (Å²) in [6.45, 7) is 2.76. The first-order chi connectivity index (χ1) is 11.5. The Bertz CT molecular complexity index is 941.